The highest BCUT2D eigenvalue weighted by atomic mass is 16.1. The van der Waals surface area contributed by atoms with E-state index in [1.54, 1.807) is 12.1 Å². The number of benzene rings is 1. The van der Waals surface area contributed by atoms with Crippen LogP contribution >= 0.6 is 0 Å². The van der Waals surface area contributed by atoms with Crippen LogP contribution in [0.1, 0.15) is 35.2 Å². The van der Waals surface area contributed by atoms with Crippen LogP contribution in [-0.4, -0.2) is 12.5 Å². The van der Waals surface area contributed by atoms with E-state index >= 15 is 0 Å². The molecule has 1 aromatic carbocycles. The van der Waals surface area contributed by atoms with Crippen LogP contribution in [0.25, 0.3) is 0 Å². The Balaban J connectivity index is 2.47. The summed E-state index contributed by atoms with van der Waals surface area (Å²) in [6, 6.07) is 7.46. The van der Waals surface area contributed by atoms with Crippen molar-refractivity contribution in [1.82, 2.24) is 5.32 Å². The second-order valence-electron chi connectivity index (χ2n) is 3.96. The molecule has 0 radical (unpaired) electrons. The summed E-state index contributed by atoms with van der Waals surface area (Å²) < 4.78 is 0. The number of unbranched alkanes of at least 4 members (excludes halogenated alkanes) is 2. The van der Waals surface area contributed by atoms with Crippen LogP contribution in [0.2, 0.25) is 0 Å². The van der Waals surface area contributed by atoms with E-state index in [2.05, 4.69) is 11.4 Å². The number of carbonyl (C=O) groups excluding carboxylic acids is 1. The molecule has 0 saturated carbocycles. The number of nitrogens with zero attached hydrogens (tertiary/aromatic N) is 1. The van der Waals surface area contributed by atoms with E-state index in [4.69, 9.17) is 11.0 Å². The minimum Gasteiger partial charge on any atom is -0.398 e. The minimum absolute atomic E-state index is 0.150. The molecular weight excluding hydrogens is 214 g/mol. The standard InChI is InChI=1S/C13H17N3O/c1-10-5-6-12(15)11(9-10)13(17)16-8-4-2-3-7-14/h5-6,9H,2-4,8,15H2,1H3,(H,16,17). The van der Waals surface area contributed by atoms with Gasteiger partial charge in [0.05, 0.1) is 11.6 Å². The summed E-state index contributed by atoms with van der Waals surface area (Å²) in [6.45, 7) is 2.50. The Kier molecular flexibility index (Phi) is 5.02. The van der Waals surface area contributed by atoms with Gasteiger partial charge < -0.3 is 11.1 Å². The molecular formula is C13H17N3O. The van der Waals surface area contributed by atoms with Crippen LogP contribution in [0.5, 0.6) is 0 Å². The summed E-state index contributed by atoms with van der Waals surface area (Å²) in [4.78, 5) is 11.8. The van der Waals surface area contributed by atoms with Gasteiger partial charge in [0.15, 0.2) is 0 Å². The van der Waals surface area contributed by atoms with Crippen molar-refractivity contribution >= 4 is 11.6 Å². The molecule has 0 aliphatic rings. The molecule has 0 saturated heterocycles. The highest BCUT2D eigenvalue weighted by Gasteiger charge is 2.08. The van der Waals surface area contributed by atoms with Gasteiger partial charge in [0.25, 0.3) is 5.91 Å². The number of carbonyl (C=O) groups is 1. The number of amides is 1. The van der Waals surface area contributed by atoms with Crippen LogP contribution in [0.4, 0.5) is 5.69 Å². The van der Waals surface area contributed by atoms with Gasteiger partial charge in [-0.25, -0.2) is 0 Å². The van der Waals surface area contributed by atoms with Gasteiger partial charge in [0, 0.05) is 18.7 Å². The maximum atomic E-state index is 11.8. The maximum absolute atomic E-state index is 11.8. The molecule has 1 rings (SSSR count). The van der Waals surface area contributed by atoms with Crippen LogP contribution in [0, 0.1) is 18.3 Å². The molecule has 0 heterocycles. The van der Waals surface area contributed by atoms with Crippen LogP contribution in [0.15, 0.2) is 18.2 Å². The molecule has 0 spiro atoms. The summed E-state index contributed by atoms with van der Waals surface area (Å²) in [5.41, 5.74) is 7.76. The lowest BCUT2D eigenvalue weighted by atomic mass is 10.1. The third-order valence-electron chi connectivity index (χ3n) is 2.45. The number of hydrogen-bond donors (Lipinski definition) is 2. The molecule has 17 heavy (non-hydrogen) atoms. The first-order valence-electron chi connectivity index (χ1n) is 5.66. The fourth-order valence-electron chi connectivity index (χ4n) is 1.49. The summed E-state index contributed by atoms with van der Waals surface area (Å²) in [7, 11) is 0. The first-order valence-corrected chi connectivity index (χ1v) is 5.66. The Morgan fingerprint density at radius 2 is 2.24 bits per heavy atom. The fourth-order valence-corrected chi connectivity index (χ4v) is 1.49. The third-order valence-corrected chi connectivity index (χ3v) is 2.45. The van der Waals surface area contributed by atoms with E-state index in [1.807, 2.05) is 13.0 Å². The Morgan fingerprint density at radius 1 is 1.47 bits per heavy atom. The molecule has 1 aromatic rings. The number of nitriles is 1. The summed E-state index contributed by atoms with van der Waals surface area (Å²) >= 11 is 0. The monoisotopic (exact) mass is 231 g/mol. The smallest absolute Gasteiger partial charge is 0.253 e. The molecule has 4 heteroatoms. The summed E-state index contributed by atoms with van der Waals surface area (Å²) in [6.07, 6.45) is 2.15. The predicted molar refractivity (Wildman–Crippen MR) is 67.4 cm³/mol. The van der Waals surface area contributed by atoms with Crippen molar-refractivity contribution in [3.05, 3.63) is 29.3 Å². The van der Waals surface area contributed by atoms with Crippen molar-refractivity contribution in [2.75, 3.05) is 12.3 Å². The average molecular weight is 231 g/mol. The van der Waals surface area contributed by atoms with E-state index < -0.39 is 0 Å². The number of nitrogens with one attached hydrogen (secondary N) is 1. The molecule has 0 unspecified atom stereocenters. The normalized spacial score (nSPS) is 9.65. The SMILES string of the molecule is Cc1ccc(N)c(C(=O)NCCCCC#N)c1. The van der Waals surface area contributed by atoms with E-state index in [0.717, 1.165) is 18.4 Å². The second-order valence-corrected chi connectivity index (χ2v) is 3.96. The summed E-state index contributed by atoms with van der Waals surface area (Å²) in [5, 5.41) is 11.2. The highest BCUT2D eigenvalue weighted by molar-refractivity contribution is 5.99. The first-order chi connectivity index (χ1) is 8.15. The predicted octanol–water partition coefficient (Wildman–Crippen LogP) is 2.00. The Labute approximate surface area is 101 Å². The van der Waals surface area contributed by atoms with Gasteiger partial charge in [-0.3, -0.25) is 4.79 Å². The molecule has 4 nitrogen and oxygen atoms in total. The minimum atomic E-state index is -0.150. The molecule has 90 valence electrons. The van der Waals surface area contributed by atoms with Gasteiger partial charge >= 0.3 is 0 Å². The molecule has 1 amide bonds. The Hall–Kier alpha value is -2.02. The quantitative estimate of drug-likeness (QED) is 0.601. The maximum Gasteiger partial charge on any atom is 0.253 e. The van der Waals surface area contributed by atoms with Crippen molar-refractivity contribution in [2.45, 2.75) is 26.2 Å². The van der Waals surface area contributed by atoms with Crippen molar-refractivity contribution in [1.29, 1.82) is 5.26 Å². The van der Waals surface area contributed by atoms with Crippen molar-refractivity contribution < 1.29 is 4.79 Å². The molecule has 0 bridgehead atoms. The van der Waals surface area contributed by atoms with Crippen LogP contribution in [0.3, 0.4) is 0 Å². The molecule has 0 atom stereocenters. The number of nitrogens with two attached hydrogens (primary N) is 1. The molecule has 3 N–H and O–H groups in total. The molecule has 0 aromatic heterocycles. The molecule has 0 aliphatic carbocycles. The number of anilines is 1. The van der Waals surface area contributed by atoms with E-state index in [-0.39, 0.29) is 5.91 Å². The first kappa shape index (κ1) is 13.0. The average Bonchev–Trinajstić information content (AvgIpc) is 2.32. The van der Waals surface area contributed by atoms with Gasteiger partial charge in [-0.2, -0.15) is 5.26 Å². The van der Waals surface area contributed by atoms with E-state index in [1.165, 1.54) is 0 Å². The lowest BCUT2D eigenvalue weighted by Gasteiger charge is -2.07. The van der Waals surface area contributed by atoms with Gasteiger partial charge in [-0.15, -0.1) is 0 Å². The number of hydrogen-bond acceptors (Lipinski definition) is 3. The van der Waals surface area contributed by atoms with Crippen LogP contribution < -0.4 is 11.1 Å². The Bertz CT molecular complexity index is 435. The van der Waals surface area contributed by atoms with E-state index in [9.17, 15) is 4.79 Å². The number of aryl methyl sites for hydroxylation is 1. The lowest BCUT2D eigenvalue weighted by Crippen LogP contribution is -2.25. The topological polar surface area (TPSA) is 78.9 Å². The van der Waals surface area contributed by atoms with Gasteiger partial charge in [0.2, 0.25) is 0 Å². The van der Waals surface area contributed by atoms with E-state index in [0.29, 0.717) is 24.2 Å². The summed E-state index contributed by atoms with van der Waals surface area (Å²) in [5.74, 6) is -0.150. The number of nitrogen functional groups attached to an aromatic ring is 1. The third kappa shape index (κ3) is 4.15. The number of rotatable bonds is 5. The lowest BCUT2D eigenvalue weighted by molar-refractivity contribution is 0.0954. The fraction of sp³-hybridized carbons (Fsp3) is 0.385. The van der Waals surface area contributed by atoms with Gasteiger partial charge in [-0.05, 0) is 31.9 Å². The molecule has 0 aliphatic heterocycles. The zero-order valence-electron chi connectivity index (χ0n) is 9.99. The van der Waals surface area contributed by atoms with Gasteiger partial charge in [-0.1, -0.05) is 11.6 Å². The zero-order valence-corrected chi connectivity index (χ0v) is 9.99. The van der Waals surface area contributed by atoms with Gasteiger partial charge in [0.1, 0.15) is 0 Å². The highest BCUT2D eigenvalue weighted by Crippen LogP contribution is 2.13. The zero-order chi connectivity index (χ0) is 12.7. The Morgan fingerprint density at radius 3 is 2.94 bits per heavy atom. The molecule has 0 fully saturated rings. The van der Waals surface area contributed by atoms with Crippen molar-refractivity contribution in [2.24, 2.45) is 0 Å². The van der Waals surface area contributed by atoms with Crippen LogP contribution in [-0.2, 0) is 0 Å². The largest absolute Gasteiger partial charge is 0.398 e. The van der Waals surface area contributed by atoms with Crippen molar-refractivity contribution in [3.8, 4) is 6.07 Å². The second kappa shape index (κ2) is 6.54. The van der Waals surface area contributed by atoms with Crippen molar-refractivity contribution in [3.63, 3.8) is 0 Å².